The van der Waals surface area contributed by atoms with E-state index >= 15 is 0 Å². The highest BCUT2D eigenvalue weighted by molar-refractivity contribution is 7.90. The van der Waals surface area contributed by atoms with Gasteiger partial charge in [0.1, 0.15) is 15.9 Å². The summed E-state index contributed by atoms with van der Waals surface area (Å²) in [7, 11) is -3.20. The molecule has 2 N–H and O–H groups in total. The molecule has 0 saturated heterocycles. The summed E-state index contributed by atoms with van der Waals surface area (Å²) >= 11 is 0. The summed E-state index contributed by atoms with van der Waals surface area (Å²) in [4.78, 5) is 24.3. The van der Waals surface area contributed by atoms with Gasteiger partial charge in [-0.1, -0.05) is 18.2 Å². The molecular formula is C15H20N2O4S. The first-order chi connectivity index (χ1) is 10.3. The van der Waals surface area contributed by atoms with E-state index in [-0.39, 0.29) is 30.0 Å². The summed E-state index contributed by atoms with van der Waals surface area (Å²) < 4.78 is 22.6. The Hall–Kier alpha value is -1.89. The monoisotopic (exact) mass is 324 g/mol. The molecule has 22 heavy (non-hydrogen) atoms. The van der Waals surface area contributed by atoms with Crippen LogP contribution in [0.4, 0.5) is 0 Å². The predicted octanol–water partition coefficient (Wildman–Crippen LogP) is 0.498. The van der Waals surface area contributed by atoms with Gasteiger partial charge in [-0.25, -0.2) is 8.42 Å². The third-order valence-corrected chi connectivity index (χ3v) is 4.34. The van der Waals surface area contributed by atoms with Gasteiger partial charge in [0.15, 0.2) is 0 Å². The molecule has 0 spiro atoms. The molecule has 1 fully saturated rings. The molecule has 0 aliphatic heterocycles. The third kappa shape index (κ3) is 5.48. The first-order valence-electron chi connectivity index (χ1n) is 7.19. The predicted molar refractivity (Wildman–Crippen MR) is 83.2 cm³/mol. The number of sulfone groups is 1. The van der Waals surface area contributed by atoms with E-state index in [1.807, 2.05) is 0 Å². The van der Waals surface area contributed by atoms with Crippen molar-refractivity contribution in [3.63, 3.8) is 0 Å². The van der Waals surface area contributed by atoms with E-state index in [2.05, 4.69) is 10.6 Å². The van der Waals surface area contributed by atoms with Crippen molar-refractivity contribution in [2.45, 2.75) is 31.3 Å². The Balaban J connectivity index is 2.02. The molecule has 0 aromatic heterocycles. The highest BCUT2D eigenvalue weighted by atomic mass is 32.2. The van der Waals surface area contributed by atoms with Gasteiger partial charge < -0.3 is 10.6 Å². The van der Waals surface area contributed by atoms with Gasteiger partial charge in [-0.2, -0.15) is 0 Å². The second-order valence-electron chi connectivity index (χ2n) is 5.59. The van der Waals surface area contributed by atoms with Crippen LogP contribution < -0.4 is 10.6 Å². The van der Waals surface area contributed by atoms with Gasteiger partial charge >= 0.3 is 0 Å². The lowest BCUT2D eigenvalue weighted by Gasteiger charge is -2.18. The van der Waals surface area contributed by atoms with Crippen molar-refractivity contribution in [1.82, 2.24) is 10.6 Å². The zero-order chi connectivity index (χ0) is 16.2. The molecule has 120 valence electrons. The fraction of sp³-hybridized carbons (Fsp3) is 0.467. The molecule has 7 heteroatoms. The molecule has 2 rings (SSSR count). The number of carbonyl (C=O) groups is 2. The second kappa shape index (κ2) is 6.91. The molecule has 0 radical (unpaired) electrons. The van der Waals surface area contributed by atoms with Crippen LogP contribution in [0.2, 0.25) is 0 Å². The molecule has 0 unspecified atom stereocenters. The standard InChI is InChI=1S/C15H20N2O4S/c1-22(20,21)10-9-13(15(19)16-12-7-8-12)17-14(18)11-5-3-2-4-6-11/h2-6,12-13H,7-10H2,1H3,(H,16,19)(H,17,18)/t13-/m0/s1. The summed E-state index contributed by atoms with van der Waals surface area (Å²) in [6, 6.07) is 7.83. The number of carbonyl (C=O) groups excluding carboxylic acids is 2. The van der Waals surface area contributed by atoms with E-state index in [9.17, 15) is 18.0 Å². The van der Waals surface area contributed by atoms with Crippen molar-refractivity contribution in [2.75, 3.05) is 12.0 Å². The van der Waals surface area contributed by atoms with Gasteiger partial charge in [-0.3, -0.25) is 9.59 Å². The normalized spacial score (nSPS) is 15.9. The number of benzene rings is 1. The van der Waals surface area contributed by atoms with E-state index in [1.165, 1.54) is 0 Å². The fourth-order valence-corrected chi connectivity index (χ4v) is 2.63. The smallest absolute Gasteiger partial charge is 0.251 e. The first-order valence-corrected chi connectivity index (χ1v) is 9.25. The maximum Gasteiger partial charge on any atom is 0.251 e. The van der Waals surface area contributed by atoms with Crippen LogP contribution >= 0.6 is 0 Å². The van der Waals surface area contributed by atoms with Gasteiger partial charge in [0.05, 0.1) is 5.75 Å². The van der Waals surface area contributed by atoms with Crippen molar-refractivity contribution in [1.29, 1.82) is 0 Å². The van der Waals surface area contributed by atoms with Crippen molar-refractivity contribution in [3.8, 4) is 0 Å². The summed E-state index contributed by atoms with van der Waals surface area (Å²) in [5.74, 6) is -0.856. The van der Waals surface area contributed by atoms with Crippen molar-refractivity contribution in [3.05, 3.63) is 35.9 Å². The number of nitrogens with one attached hydrogen (secondary N) is 2. The molecule has 1 aliphatic carbocycles. The Morgan fingerprint density at radius 1 is 1.23 bits per heavy atom. The van der Waals surface area contributed by atoms with E-state index in [0.29, 0.717) is 5.56 Å². The topological polar surface area (TPSA) is 92.3 Å². The van der Waals surface area contributed by atoms with Crippen LogP contribution in [0.1, 0.15) is 29.6 Å². The maximum absolute atomic E-state index is 12.2. The van der Waals surface area contributed by atoms with E-state index in [4.69, 9.17) is 0 Å². The lowest BCUT2D eigenvalue weighted by molar-refractivity contribution is -0.123. The van der Waals surface area contributed by atoms with E-state index in [0.717, 1.165) is 19.1 Å². The summed E-state index contributed by atoms with van der Waals surface area (Å²) in [6.07, 6.45) is 3.03. The molecule has 1 aromatic carbocycles. The molecule has 6 nitrogen and oxygen atoms in total. The summed E-state index contributed by atoms with van der Waals surface area (Å²) in [5.41, 5.74) is 0.436. The largest absolute Gasteiger partial charge is 0.352 e. The number of amides is 2. The van der Waals surface area contributed by atoms with Crippen molar-refractivity contribution in [2.24, 2.45) is 0 Å². The molecule has 1 aliphatic rings. The minimum atomic E-state index is -3.20. The Kier molecular flexibility index (Phi) is 5.18. The number of rotatable bonds is 7. The molecular weight excluding hydrogens is 304 g/mol. The lowest BCUT2D eigenvalue weighted by atomic mass is 10.1. The SMILES string of the molecule is CS(=O)(=O)CC[C@H](NC(=O)c1ccccc1)C(=O)NC1CC1. The van der Waals surface area contributed by atoms with Gasteiger partial charge in [-0.05, 0) is 31.4 Å². The van der Waals surface area contributed by atoms with Gasteiger partial charge in [-0.15, -0.1) is 0 Å². The number of hydrogen-bond donors (Lipinski definition) is 2. The average molecular weight is 324 g/mol. The Morgan fingerprint density at radius 2 is 1.86 bits per heavy atom. The maximum atomic E-state index is 12.2. The van der Waals surface area contributed by atoms with Gasteiger partial charge in [0.2, 0.25) is 5.91 Å². The zero-order valence-electron chi connectivity index (χ0n) is 12.4. The average Bonchev–Trinajstić information content (AvgIpc) is 3.27. The van der Waals surface area contributed by atoms with Gasteiger partial charge in [0, 0.05) is 17.9 Å². The van der Waals surface area contributed by atoms with Crippen LogP contribution in [0.25, 0.3) is 0 Å². The minimum absolute atomic E-state index is 0.0654. The first kappa shape index (κ1) is 16.5. The summed E-state index contributed by atoms with van der Waals surface area (Å²) in [5, 5.41) is 5.42. The van der Waals surface area contributed by atoms with Crippen molar-refractivity contribution < 1.29 is 18.0 Å². The van der Waals surface area contributed by atoms with E-state index < -0.39 is 15.9 Å². The van der Waals surface area contributed by atoms with Crippen LogP contribution in [-0.4, -0.2) is 44.3 Å². The highest BCUT2D eigenvalue weighted by Gasteiger charge is 2.29. The molecule has 2 amide bonds. The van der Waals surface area contributed by atoms with Crippen molar-refractivity contribution >= 4 is 21.7 Å². The molecule has 1 aromatic rings. The van der Waals surface area contributed by atoms with Crippen LogP contribution in [-0.2, 0) is 14.6 Å². The van der Waals surface area contributed by atoms with E-state index in [1.54, 1.807) is 30.3 Å². The quantitative estimate of drug-likeness (QED) is 0.764. The van der Waals surface area contributed by atoms with Crippen LogP contribution in [0, 0.1) is 0 Å². The van der Waals surface area contributed by atoms with Crippen LogP contribution in [0.5, 0.6) is 0 Å². The Morgan fingerprint density at radius 3 is 2.41 bits per heavy atom. The highest BCUT2D eigenvalue weighted by Crippen LogP contribution is 2.19. The van der Waals surface area contributed by atoms with Gasteiger partial charge in [0.25, 0.3) is 5.91 Å². The lowest BCUT2D eigenvalue weighted by Crippen LogP contribution is -2.48. The molecule has 0 bridgehead atoms. The molecule has 1 saturated carbocycles. The molecule has 1 atom stereocenters. The third-order valence-electron chi connectivity index (χ3n) is 3.36. The number of hydrogen-bond acceptors (Lipinski definition) is 4. The van der Waals surface area contributed by atoms with Crippen LogP contribution in [0.3, 0.4) is 0 Å². The molecule has 0 heterocycles. The minimum Gasteiger partial charge on any atom is -0.352 e. The van der Waals surface area contributed by atoms with Crippen LogP contribution in [0.15, 0.2) is 30.3 Å². The Labute approximate surface area is 130 Å². The zero-order valence-corrected chi connectivity index (χ0v) is 13.2. The second-order valence-corrected chi connectivity index (χ2v) is 7.85. The fourth-order valence-electron chi connectivity index (χ4n) is 1.96. The Bertz CT molecular complexity index is 639. The summed E-state index contributed by atoms with van der Waals surface area (Å²) in [6.45, 7) is 0.